The van der Waals surface area contributed by atoms with E-state index in [2.05, 4.69) is 20.9 Å². The van der Waals surface area contributed by atoms with Crippen molar-refractivity contribution in [3.63, 3.8) is 0 Å². The second-order valence-electron chi connectivity index (χ2n) is 7.27. The number of nitrogens with zero attached hydrogens (tertiary/aromatic N) is 5. The highest BCUT2D eigenvalue weighted by molar-refractivity contribution is 7.22. The number of carbonyl (C=O) groups is 1. The molecule has 0 amide bonds. The number of benzene rings is 1. The van der Waals surface area contributed by atoms with E-state index >= 15 is 0 Å². The summed E-state index contributed by atoms with van der Waals surface area (Å²) in [7, 11) is 1.70. The van der Waals surface area contributed by atoms with Gasteiger partial charge in [0, 0.05) is 39.4 Å². The van der Waals surface area contributed by atoms with Crippen LogP contribution >= 0.6 is 11.3 Å². The van der Waals surface area contributed by atoms with Crippen molar-refractivity contribution in [2.45, 2.75) is 0 Å². The van der Waals surface area contributed by atoms with Gasteiger partial charge in [-0.05, 0) is 24.3 Å². The summed E-state index contributed by atoms with van der Waals surface area (Å²) >= 11 is 1.70. The molecule has 5 rings (SSSR count). The van der Waals surface area contributed by atoms with E-state index in [1.165, 1.54) is 10.9 Å². The first-order valence-electron chi connectivity index (χ1n) is 9.60. The van der Waals surface area contributed by atoms with E-state index in [4.69, 9.17) is 4.98 Å². The lowest BCUT2D eigenvalue weighted by molar-refractivity contribution is 0.0695. The van der Waals surface area contributed by atoms with Gasteiger partial charge in [-0.15, -0.1) is 0 Å². The molecule has 1 aromatic carbocycles. The number of fused-ring (bicyclic) bond motifs is 2. The van der Waals surface area contributed by atoms with E-state index in [0.29, 0.717) is 11.0 Å². The first-order chi connectivity index (χ1) is 14.5. The van der Waals surface area contributed by atoms with Crippen molar-refractivity contribution in [3.05, 3.63) is 58.4 Å². The third-order valence-electron chi connectivity index (χ3n) is 5.39. The van der Waals surface area contributed by atoms with E-state index in [1.54, 1.807) is 35.1 Å². The largest absolute Gasteiger partial charge is 0.477 e. The van der Waals surface area contributed by atoms with Crippen LogP contribution in [0.4, 0.5) is 10.9 Å². The molecule has 4 heterocycles. The van der Waals surface area contributed by atoms with Crippen molar-refractivity contribution in [1.29, 1.82) is 0 Å². The number of para-hydroxylation sites is 1. The van der Waals surface area contributed by atoms with E-state index in [-0.39, 0.29) is 5.56 Å². The van der Waals surface area contributed by atoms with Crippen molar-refractivity contribution in [1.82, 2.24) is 14.5 Å². The molecule has 9 heteroatoms. The summed E-state index contributed by atoms with van der Waals surface area (Å²) in [6.07, 6.45) is 1.33. The van der Waals surface area contributed by atoms with Crippen molar-refractivity contribution in [3.8, 4) is 0 Å². The summed E-state index contributed by atoms with van der Waals surface area (Å²) in [4.78, 5) is 37.6. The van der Waals surface area contributed by atoms with Crippen LogP contribution in [0.2, 0.25) is 0 Å². The lowest BCUT2D eigenvalue weighted by Crippen LogP contribution is -2.46. The second kappa shape index (κ2) is 7.10. The fourth-order valence-corrected chi connectivity index (χ4v) is 4.81. The van der Waals surface area contributed by atoms with Crippen molar-refractivity contribution >= 4 is 49.5 Å². The first-order valence-corrected chi connectivity index (χ1v) is 10.4. The zero-order chi connectivity index (χ0) is 20.8. The third-order valence-corrected chi connectivity index (χ3v) is 6.49. The number of piperazine rings is 1. The predicted octanol–water partition coefficient (Wildman–Crippen LogP) is 2.57. The number of carboxylic acid groups (broad SMARTS) is 1. The summed E-state index contributed by atoms with van der Waals surface area (Å²) in [5.74, 6) is -0.447. The van der Waals surface area contributed by atoms with E-state index in [9.17, 15) is 14.7 Å². The quantitative estimate of drug-likeness (QED) is 0.544. The van der Waals surface area contributed by atoms with Gasteiger partial charge in [-0.25, -0.2) is 14.8 Å². The van der Waals surface area contributed by atoms with Crippen molar-refractivity contribution in [2.75, 3.05) is 36.0 Å². The van der Waals surface area contributed by atoms with Crippen LogP contribution in [0.15, 0.2) is 47.4 Å². The summed E-state index contributed by atoms with van der Waals surface area (Å²) in [6.45, 7) is 3.23. The number of carboxylic acids is 1. The van der Waals surface area contributed by atoms with Crippen LogP contribution in [-0.4, -0.2) is 51.8 Å². The number of pyridine rings is 2. The zero-order valence-corrected chi connectivity index (χ0v) is 17.1. The molecule has 1 fully saturated rings. The summed E-state index contributed by atoms with van der Waals surface area (Å²) in [5, 5.41) is 10.6. The number of thiazole rings is 1. The van der Waals surface area contributed by atoms with Gasteiger partial charge in [-0.2, -0.15) is 0 Å². The maximum atomic E-state index is 12.4. The average molecular weight is 421 g/mol. The van der Waals surface area contributed by atoms with Crippen LogP contribution < -0.4 is 15.2 Å². The molecule has 4 aromatic rings. The van der Waals surface area contributed by atoms with Crippen LogP contribution in [0.3, 0.4) is 0 Å². The second-order valence-corrected chi connectivity index (χ2v) is 8.28. The minimum absolute atomic E-state index is 0.246. The molecule has 0 aliphatic carbocycles. The normalized spacial score (nSPS) is 14.6. The Labute approximate surface area is 175 Å². The highest BCUT2D eigenvalue weighted by Gasteiger charge is 2.22. The Bertz CT molecular complexity index is 1300. The molecular weight excluding hydrogens is 402 g/mol. The fourth-order valence-electron chi connectivity index (χ4n) is 3.79. The van der Waals surface area contributed by atoms with Gasteiger partial charge >= 0.3 is 5.97 Å². The average Bonchev–Trinajstić information content (AvgIpc) is 3.20. The molecule has 1 saturated heterocycles. The Morgan fingerprint density at radius 1 is 1.03 bits per heavy atom. The van der Waals surface area contributed by atoms with Crippen LogP contribution in [0.5, 0.6) is 0 Å². The molecule has 152 valence electrons. The van der Waals surface area contributed by atoms with Gasteiger partial charge < -0.3 is 19.5 Å². The van der Waals surface area contributed by atoms with Crippen molar-refractivity contribution < 1.29 is 9.90 Å². The molecule has 30 heavy (non-hydrogen) atoms. The van der Waals surface area contributed by atoms with E-state index in [1.807, 2.05) is 18.2 Å². The third kappa shape index (κ3) is 3.07. The van der Waals surface area contributed by atoms with Gasteiger partial charge in [0.2, 0.25) is 5.43 Å². The molecule has 8 nitrogen and oxygen atoms in total. The number of aryl methyl sites for hydroxylation is 1. The molecule has 1 aliphatic rings. The molecular formula is C21H19N5O3S. The number of aromatic nitrogens is 3. The van der Waals surface area contributed by atoms with Gasteiger partial charge in [-0.1, -0.05) is 23.5 Å². The highest BCUT2D eigenvalue weighted by atomic mass is 32.1. The van der Waals surface area contributed by atoms with Gasteiger partial charge in [0.05, 0.1) is 15.6 Å². The van der Waals surface area contributed by atoms with Gasteiger partial charge in [0.1, 0.15) is 17.0 Å². The van der Waals surface area contributed by atoms with Crippen LogP contribution in [0, 0.1) is 0 Å². The number of hydrogen-bond acceptors (Lipinski definition) is 7. The Balaban J connectivity index is 1.39. The molecule has 0 unspecified atom stereocenters. The SMILES string of the molecule is Cn1cc(C(=O)O)c(=O)c2ccc(N3CCN(c4nc5ccccc5s4)CC3)nc21. The molecule has 0 bridgehead atoms. The number of rotatable bonds is 3. The minimum Gasteiger partial charge on any atom is -0.477 e. The lowest BCUT2D eigenvalue weighted by Gasteiger charge is -2.35. The molecule has 0 radical (unpaired) electrons. The Morgan fingerprint density at radius 3 is 2.50 bits per heavy atom. The highest BCUT2D eigenvalue weighted by Crippen LogP contribution is 2.29. The van der Waals surface area contributed by atoms with Gasteiger partial charge in [-0.3, -0.25) is 4.79 Å². The summed E-state index contributed by atoms with van der Waals surface area (Å²) in [5.41, 5.74) is 0.758. The minimum atomic E-state index is -1.23. The number of anilines is 2. The lowest BCUT2D eigenvalue weighted by atomic mass is 10.2. The molecule has 1 aliphatic heterocycles. The fraction of sp³-hybridized carbons (Fsp3) is 0.238. The van der Waals surface area contributed by atoms with E-state index in [0.717, 1.165) is 42.6 Å². The van der Waals surface area contributed by atoms with Crippen LogP contribution in [0.25, 0.3) is 21.3 Å². The maximum Gasteiger partial charge on any atom is 0.341 e. The van der Waals surface area contributed by atoms with Gasteiger partial charge in [0.15, 0.2) is 5.13 Å². The number of hydrogen-bond donors (Lipinski definition) is 1. The molecule has 1 N–H and O–H groups in total. The monoisotopic (exact) mass is 421 g/mol. The maximum absolute atomic E-state index is 12.4. The molecule has 0 saturated carbocycles. The van der Waals surface area contributed by atoms with Gasteiger partial charge in [0.25, 0.3) is 0 Å². The predicted molar refractivity (Wildman–Crippen MR) is 118 cm³/mol. The number of aromatic carboxylic acids is 1. The van der Waals surface area contributed by atoms with E-state index < -0.39 is 11.4 Å². The summed E-state index contributed by atoms with van der Waals surface area (Å²) < 4.78 is 2.79. The van der Waals surface area contributed by atoms with Crippen molar-refractivity contribution in [2.24, 2.45) is 7.05 Å². The van der Waals surface area contributed by atoms with Crippen LogP contribution in [-0.2, 0) is 7.05 Å². The Morgan fingerprint density at radius 2 is 1.77 bits per heavy atom. The smallest absolute Gasteiger partial charge is 0.341 e. The summed E-state index contributed by atoms with van der Waals surface area (Å²) in [6, 6.07) is 11.6. The zero-order valence-electron chi connectivity index (χ0n) is 16.3. The molecule has 3 aromatic heterocycles. The topological polar surface area (TPSA) is 91.6 Å². The standard InChI is InChI=1S/C21H19N5O3S/c1-24-12-14(20(28)29)18(27)13-6-7-17(23-19(13)24)25-8-10-26(11-9-25)21-22-15-4-2-3-5-16(15)30-21/h2-7,12H,8-11H2,1H3,(H,28,29). The van der Waals surface area contributed by atoms with Crippen LogP contribution in [0.1, 0.15) is 10.4 Å². The first kappa shape index (κ1) is 18.6. The molecule has 0 spiro atoms. The Kier molecular flexibility index (Phi) is 4.39. The Hall–Kier alpha value is -3.46. The molecule has 0 atom stereocenters.